The molecule has 0 atom stereocenters. The van der Waals surface area contributed by atoms with Gasteiger partial charge in [0.25, 0.3) is 0 Å². The lowest BCUT2D eigenvalue weighted by Gasteiger charge is -2.22. The van der Waals surface area contributed by atoms with E-state index in [2.05, 4.69) is 48.6 Å². The minimum Gasteiger partial charge on any atom is -0.310 e. The number of benzene rings is 1. The van der Waals surface area contributed by atoms with Gasteiger partial charge in [0.2, 0.25) is 0 Å². The summed E-state index contributed by atoms with van der Waals surface area (Å²) >= 11 is 0. The van der Waals surface area contributed by atoms with Crippen LogP contribution in [0.5, 0.6) is 0 Å². The quantitative estimate of drug-likeness (QED) is 0.874. The molecule has 0 unspecified atom stereocenters. The lowest BCUT2D eigenvalue weighted by Crippen LogP contribution is -2.29. The van der Waals surface area contributed by atoms with Crippen LogP contribution in [0, 0.1) is 0 Å². The standard InChI is InChI=1S/C18H30N2/c1-20(2)15-17-11-9-8-10-16(17)14-19-18-12-6-4-3-5-7-13-18/h8-11,18-19H,3-7,12-15H2,1-2H3. The number of hydrogen-bond donors (Lipinski definition) is 1. The van der Waals surface area contributed by atoms with Crippen LogP contribution >= 0.6 is 0 Å². The number of nitrogens with zero attached hydrogens (tertiary/aromatic N) is 1. The summed E-state index contributed by atoms with van der Waals surface area (Å²) in [6.07, 6.45) is 9.81. The molecule has 1 aromatic rings. The van der Waals surface area contributed by atoms with Crippen molar-refractivity contribution in [3.05, 3.63) is 35.4 Å². The van der Waals surface area contributed by atoms with Gasteiger partial charge in [-0.15, -0.1) is 0 Å². The van der Waals surface area contributed by atoms with E-state index >= 15 is 0 Å². The third-order valence-corrected chi connectivity index (χ3v) is 4.29. The highest BCUT2D eigenvalue weighted by atomic mass is 15.0. The van der Waals surface area contributed by atoms with E-state index in [1.807, 2.05) is 0 Å². The van der Waals surface area contributed by atoms with Crippen molar-refractivity contribution in [3.63, 3.8) is 0 Å². The first-order valence-electron chi connectivity index (χ1n) is 8.20. The van der Waals surface area contributed by atoms with E-state index in [4.69, 9.17) is 0 Å². The molecule has 1 aliphatic rings. The topological polar surface area (TPSA) is 15.3 Å². The normalized spacial score (nSPS) is 17.9. The molecule has 2 nitrogen and oxygen atoms in total. The van der Waals surface area contributed by atoms with Gasteiger partial charge < -0.3 is 10.2 Å². The first-order valence-corrected chi connectivity index (χ1v) is 8.20. The highest BCUT2D eigenvalue weighted by Gasteiger charge is 2.11. The van der Waals surface area contributed by atoms with Gasteiger partial charge in [-0.2, -0.15) is 0 Å². The predicted molar refractivity (Wildman–Crippen MR) is 86.8 cm³/mol. The Bertz CT molecular complexity index is 379. The first kappa shape index (κ1) is 15.5. The molecule has 0 amide bonds. The van der Waals surface area contributed by atoms with Gasteiger partial charge in [-0.25, -0.2) is 0 Å². The van der Waals surface area contributed by atoms with Crippen LogP contribution in [0.15, 0.2) is 24.3 Å². The molecule has 1 N–H and O–H groups in total. The number of nitrogens with one attached hydrogen (secondary N) is 1. The Balaban J connectivity index is 1.88. The van der Waals surface area contributed by atoms with E-state index in [1.54, 1.807) is 0 Å². The summed E-state index contributed by atoms with van der Waals surface area (Å²) in [5.41, 5.74) is 2.92. The molecule has 1 saturated carbocycles. The molecule has 0 spiro atoms. The smallest absolute Gasteiger partial charge is 0.0230 e. The molecule has 0 aromatic heterocycles. The fourth-order valence-electron chi connectivity index (χ4n) is 3.14. The summed E-state index contributed by atoms with van der Waals surface area (Å²) in [5.74, 6) is 0. The van der Waals surface area contributed by atoms with Crippen LogP contribution in [0.1, 0.15) is 56.1 Å². The molecule has 0 heterocycles. The Labute approximate surface area is 124 Å². The second-order valence-electron chi connectivity index (χ2n) is 6.43. The minimum absolute atomic E-state index is 0.725. The second kappa shape index (κ2) is 8.43. The fourth-order valence-corrected chi connectivity index (χ4v) is 3.14. The molecule has 1 fully saturated rings. The summed E-state index contributed by atoms with van der Waals surface area (Å²) in [6.45, 7) is 2.05. The van der Waals surface area contributed by atoms with Crippen LogP contribution in [-0.2, 0) is 13.1 Å². The molecule has 112 valence electrons. The van der Waals surface area contributed by atoms with Crippen molar-refractivity contribution in [2.75, 3.05) is 14.1 Å². The third kappa shape index (κ3) is 5.26. The van der Waals surface area contributed by atoms with Crippen molar-refractivity contribution in [2.45, 2.75) is 64.1 Å². The van der Waals surface area contributed by atoms with Crippen molar-refractivity contribution in [3.8, 4) is 0 Å². The van der Waals surface area contributed by atoms with Gasteiger partial charge in [0.05, 0.1) is 0 Å². The van der Waals surface area contributed by atoms with Gasteiger partial charge in [-0.05, 0) is 38.1 Å². The molecule has 2 rings (SSSR count). The van der Waals surface area contributed by atoms with Gasteiger partial charge in [0.15, 0.2) is 0 Å². The zero-order valence-electron chi connectivity index (χ0n) is 13.2. The second-order valence-corrected chi connectivity index (χ2v) is 6.43. The maximum atomic E-state index is 3.80. The van der Waals surface area contributed by atoms with Crippen LogP contribution in [0.25, 0.3) is 0 Å². The zero-order valence-corrected chi connectivity index (χ0v) is 13.2. The van der Waals surface area contributed by atoms with E-state index in [0.29, 0.717) is 0 Å². The lowest BCUT2D eigenvalue weighted by atomic mass is 9.96. The van der Waals surface area contributed by atoms with Crippen molar-refractivity contribution < 1.29 is 0 Å². The maximum Gasteiger partial charge on any atom is 0.0230 e. The SMILES string of the molecule is CN(C)Cc1ccccc1CNC1CCCCCCC1. The summed E-state index contributed by atoms with van der Waals surface area (Å²) < 4.78 is 0. The largest absolute Gasteiger partial charge is 0.310 e. The zero-order chi connectivity index (χ0) is 14.2. The summed E-state index contributed by atoms with van der Waals surface area (Å²) in [5, 5.41) is 3.80. The van der Waals surface area contributed by atoms with Gasteiger partial charge >= 0.3 is 0 Å². The van der Waals surface area contributed by atoms with Crippen molar-refractivity contribution >= 4 is 0 Å². The highest BCUT2D eigenvalue weighted by molar-refractivity contribution is 5.26. The van der Waals surface area contributed by atoms with Crippen molar-refractivity contribution in [2.24, 2.45) is 0 Å². The van der Waals surface area contributed by atoms with E-state index in [1.165, 1.54) is 56.1 Å². The molecule has 1 aliphatic carbocycles. The average Bonchev–Trinajstić information content (AvgIpc) is 2.38. The van der Waals surface area contributed by atoms with Crippen LogP contribution in [-0.4, -0.2) is 25.0 Å². The molecule has 20 heavy (non-hydrogen) atoms. The molecular formula is C18H30N2. The summed E-state index contributed by atoms with van der Waals surface area (Å²) in [7, 11) is 4.28. The van der Waals surface area contributed by atoms with E-state index in [9.17, 15) is 0 Å². The van der Waals surface area contributed by atoms with Gasteiger partial charge in [0.1, 0.15) is 0 Å². The van der Waals surface area contributed by atoms with Gasteiger partial charge in [-0.1, -0.05) is 56.4 Å². The van der Waals surface area contributed by atoms with Crippen LogP contribution in [0.2, 0.25) is 0 Å². The Morgan fingerprint density at radius 1 is 0.950 bits per heavy atom. The van der Waals surface area contributed by atoms with Gasteiger partial charge in [0, 0.05) is 19.1 Å². The van der Waals surface area contributed by atoms with E-state index in [-0.39, 0.29) is 0 Å². The molecule has 0 saturated heterocycles. The monoisotopic (exact) mass is 274 g/mol. The molecule has 0 aliphatic heterocycles. The Morgan fingerprint density at radius 2 is 1.55 bits per heavy atom. The third-order valence-electron chi connectivity index (χ3n) is 4.29. The van der Waals surface area contributed by atoms with Crippen molar-refractivity contribution in [1.29, 1.82) is 0 Å². The lowest BCUT2D eigenvalue weighted by molar-refractivity contribution is 0.382. The molecule has 0 radical (unpaired) electrons. The number of hydrogen-bond acceptors (Lipinski definition) is 2. The predicted octanol–water partition coefficient (Wildman–Crippen LogP) is 3.95. The number of rotatable bonds is 5. The Morgan fingerprint density at radius 3 is 2.20 bits per heavy atom. The Hall–Kier alpha value is -0.860. The maximum absolute atomic E-state index is 3.80. The fraction of sp³-hybridized carbons (Fsp3) is 0.667. The van der Waals surface area contributed by atoms with Gasteiger partial charge in [-0.3, -0.25) is 0 Å². The summed E-state index contributed by atoms with van der Waals surface area (Å²) in [4.78, 5) is 2.24. The molecular weight excluding hydrogens is 244 g/mol. The van der Waals surface area contributed by atoms with E-state index < -0.39 is 0 Å². The van der Waals surface area contributed by atoms with Crippen molar-refractivity contribution in [1.82, 2.24) is 10.2 Å². The highest BCUT2D eigenvalue weighted by Crippen LogP contribution is 2.18. The first-order chi connectivity index (χ1) is 9.75. The summed E-state index contributed by atoms with van der Waals surface area (Å²) in [6, 6.07) is 9.57. The molecule has 1 aromatic carbocycles. The average molecular weight is 274 g/mol. The van der Waals surface area contributed by atoms with Crippen LogP contribution in [0.3, 0.4) is 0 Å². The molecule has 2 heteroatoms. The van der Waals surface area contributed by atoms with Crippen LogP contribution < -0.4 is 5.32 Å². The van der Waals surface area contributed by atoms with E-state index in [0.717, 1.165) is 19.1 Å². The minimum atomic E-state index is 0.725. The molecule has 0 bridgehead atoms. The Kier molecular flexibility index (Phi) is 6.55. The van der Waals surface area contributed by atoms with Crippen LogP contribution in [0.4, 0.5) is 0 Å².